The van der Waals surface area contributed by atoms with Crippen molar-refractivity contribution < 1.29 is 9.59 Å². The van der Waals surface area contributed by atoms with Crippen molar-refractivity contribution in [2.75, 3.05) is 22.6 Å². The van der Waals surface area contributed by atoms with Crippen LogP contribution < -0.4 is 15.5 Å². The number of nitrogens with zero attached hydrogens (tertiary/aromatic N) is 1. The minimum Gasteiger partial charge on any atom is -0.315 e. The van der Waals surface area contributed by atoms with Gasteiger partial charge in [0.25, 0.3) is 0 Å². The third-order valence-electron chi connectivity index (χ3n) is 3.59. The van der Waals surface area contributed by atoms with E-state index in [1.165, 1.54) is 0 Å². The summed E-state index contributed by atoms with van der Waals surface area (Å²) in [5.74, 6) is 0.0393. The van der Waals surface area contributed by atoms with Crippen LogP contribution in [0.15, 0.2) is 36.4 Å². The van der Waals surface area contributed by atoms with E-state index in [4.69, 9.17) is 23.2 Å². The van der Waals surface area contributed by atoms with Crippen molar-refractivity contribution in [2.45, 2.75) is 6.42 Å². The lowest BCUT2D eigenvalue weighted by Crippen LogP contribution is -2.20. The summed E-state index contributed by atoms with van der Waals surface area (Å²) in [7, 11) is 1.73. The molecule has 0 spiro atoms. The Morgan fingerprint density at radius 2 is 1.70 bits per heavy atom. The molecule has 7 heteroatoms. The molecule has 0 fully saturated rings. The molecule has 0 aromatic heterocycles. The molecule has 1 aliphatic heterocycles. The summed E-state index contributed by atoms with van der Waals surface area (Å²) in [4.78, 5) is 25.3. The molecule has 5 nitrogen and oxygen atoms in total. The van der Waals surface area contributed by atoms with Crippen molar-refractivity contribution >= 4 is 52.2 Å². The third-order valence-corrected chi connectivity index (χ3v) is 4.33. The number of carbonyl (C=O) groups excluding carboxylic acids is 2. The predicted octanol–water partition coefficient (Wildman–Crippen LogP) is 4.16. The largest absolute Gasteiger partial charge is 0.323 e. The maximum atomic E-state index is 12.0. The summed E-state index contributed by atoms with van der Waals surface area (Å²) >= 11 is 11.7. The molecule has 118 valence electrons. The van der Waals surface area contributed by atoms with Crippen molar-refractivity contribution in [1.82, 2.24) is 0 Å². The van der Waals surface area contributed by atoms with Crippen molar-refractivity contribution in [3.63, 3.8) is 0 Å². The molecule has 23 heavy (non-hydrogen) atoms. The van der Waals surface area contributed by atoms with Gasteiger partial charge < -0.3 is 15.5 Å². The normalized spacial score (nSPS) is 13.0. The number of urea groups is 1. The summed E-state index contributed by atoms with van der Waals surface area (Å²) in [6.07, 6.45) is 0.343. The average Bonchev–Trinajstić information content (AvgIpc) is 2.77. The van der Waals surface area contributed by atoms with E-state index in [1.54, 1.807) is 42.3 Å². The topological polar surface area (TPSA) is 61.4 Å². The smallest absolute Gasteiger partial charge is 0.315 e. The van der Waals surface area contributed by atoms with Crippen LogP contribution in [0.4, 0.5) is 21.9 Å². The van der Waals surface area contributed by atoms with Crippen LogP contribution in [0.25, 0.3) is 0 Å². The Morgan fingerprint density at radius 3 is 2.39 bits per heavy atom. The van der Waals surface area contributed by atoms with Crippen molar-refractivity contribution in [2.24, 2.45) is 0 Å². The number of likely N-dealkylation sites (N-methyl/N-ethyl adjacent to an activating group) is 1. The molecule has 0 bridgehead atoms. The van der Waals surface area contributed by atoms with Crippen LogP contribution in [0.2, 0.25) is 10.0 Å². The average molecular weight is 350 g/mol. The molecule has 2 aromatic rings. The third kappa shape index (κ3) is 3.25. The first-order valence-corrected chi connectivity index (χ1v) is 7.62. The zero-order valence-electron chi connectivity index (χ0n) is 12.2. The molecule has 0 atom stereocenters. The molecule has 0 saturated carbocycles. The molecular weight excluding hydrogens is 337 g/mol. The van der Waals surface area contributed by atoms with Gasteiger partial charge in [-0.2, -0.15) is 0 Å². The number of anilines is 3. The van der Waals surface area contributed by atoms with Gasteiger partial charge in [-0.3, -0.25) is 4.79 Å². The van der Waals surface area contributed by atoms with Gasteiger partial charge in [0.1, 0.15) is 0 Å². The Hall–Kier alpha value is -2.24. The molecule has 0 radical (unpaired) electrons. The Kier molecular flexibility index (Phi) is 4.15. The van der Waals surface area contributed by atoms with Crippen molar-refractivity contribution in [3.05, 3.63) is 52.0 Å². The van der Waals surface area contributed by atoms with Crippen LogP contribution in [0.5, 0.6) is 0 Å². The van der Waals surface area contributed by atoms with Gasteiger partial charge >= 0.3 is 6.03 Å². The Morgan fingerprint density at radius 1 is 1.04 bits per heavy atom. The first-order valence-electron chi connectivity index (χ1n) is 6.86. The lowest BCUT2D eigenvalue weighted by atomic mass is 10.1. The first kappa shape index (κ1) is 15.6. The number of hydrogen-bond donors (Lipinski definition) is 2. The van der Waals surface area contributed by atoms with E-state index in [1.807, 2.05) is 6.07 Å². The van der Waals surface area contributed by atoms with Crippen LogP contribution in [0, 0.1) is 0 Å². The lowest BCUT2D eigenvalue weighted by Gasteiger charge is -2.12. The van der Waals surface area contributed by atoms with Crippen LogP contribution >= 0.6 is 23.2 Å². The fraction of sp³-hybridized carbons (Fsp3) is 0.125. The van der Waals surface area contributed by atoms with E-state index in [9.17, 15) is 9.59 Å². The molecule has 0 unspecified atom stereocenters. The molecule has 3 rings (SSSR count). The van der Waals surface area contributed by atoms with Crippen molar-refractivity contribution in [3.8, 4) is 0 Å². The molecule has 0 saturated heterocycles. The molecular formula is C16H13Cl2N3O2. The van der Waals surface area contributed by atoms with Crippen LogP contribution in [0.1, 0.15) is 5.56 Å². The van der Waals surface area contributed by atoms with E-state index >= 15 is 0 Å². The van der Waals surface area contributed by atoms with E-state index in [0.717, 1.165) is 11.3 Å². The highest BCUT2D eigenvalue weighted by molar-refractivity contribution is 6.42. The van der Waals surface area contributed by atoms with Gasteiger partial charge in [-0.25, -0.2) is 4.79 Å². The number of rotatable bonds is 2. The number of fused-ring (bicyclic) bond motifs is 1. The Labute approximate surface area is 143 Å². The SMILES string of the molecule is CN1C(=O)Cc2cc(NC(=O)Nc3ccc(Cl)c(Cl)c3)ccc21. The standard InChI is InChI=1S/C16H13Cl2N3O2/c1-21-14-5-3-10(6-9(14)7-15(21)22)19-16(23)20-11-2-4-12(17)13(18)8-11/h2-6,8H,7H2,1H3,(H2,19,20,23). The second kappa shape index (κ2) is 6.10. The quantitative estimate of drug-likeness (QED) is 0.855. The van der Waals surface area contributed by atoms with Gasteiger partial charge in [0.2, 0.25) is 5.91 Å². The van der Waals surface area contributed by atoms with Gasteiger partial charge in [0.15, 0.2) is 0 Å². The number of hydrogen-bond acceptors (Lipinski definition) is 2. The molecule has 1 heterocycles. The molecule has 3 amide bonds. The minimum absolute atomic E-state index is 0.0393. The maximum Gasteiger partial charge on any atom is 0.323 e. The van der Waals surface area contributed by atoms with E-state index in [-0.39, 0.29) is 5.91 Å². The first-order chi connectivity index (χ1) is 10.9. The Balaban J connectivity index is 1.70. The van der Waals surface area contributed by atoms with Crippen molar-refractivity contribution in [1.29, 1.82) is 0 Å². The number of carbonyl (C=O) groups is 2. The molecule has 2 N–H and O–H groups in total. The highest BCUT2D eigenvalue weighted by Gasteiger charge is 2.24. The summed E-state index contributed by atoms with van der Waals surface area (Å²) < 4.78 is 0. The van der Waals surface area contributed by atoms with Crippen LogP contribution in [0.3, 0.4) is 0 Å². The van der Waals surface area contributed by atoms with E-state index in [0.29, 0.717) is 27.8 Å². The monoisotopic (exact) mass is 349 g/mol. The second-order valence-corrected chi connectivity index (χ2v) is 6.00. The second-order valence-electron chi connectivity index (χ2n) is 5.18. The zero-order valence-corrected chi connectivity index (χ0v) is 13.7. The zero-order chi connectivity index (χ0) is 16.6. The lowest BCUT2D eigenvalue weighted by molar-refractivity contribution is -0.117. The number of amides is 3. The highest BCUT2D eigenvalue weighted by Crippen LogP contribution is 2.30. The highest BCUT2D eigenvalue weighted by atomic mass is 35.5. The van der Waals surface area contributed by atoms with Gasteiger partial charge in [-0.1, -0.05) is 23.2 Å². The number of benzene rings is 2. The summed E-state index contributed by atoms with van der Waals surface area (Å²) in [6.45, 7) is 0. The van der Waals surface area contributed by atoms with Gasteiger partial charge in [0.05, 0.1) is 16.5 Å². The fourth-order valence-corrected chi connectivity index (χ4v) is 2.71. The summed E-state index contributed by atoms with van der Waals surface area (Å²) in [5.41, 5.74) is 2.91. The fourth-order valence-electron chi connectivity index (χ4n) is 2.42. The van der Waals surface area contributed by atoms with Gasteiger partial charge in [-0.05, 0) is 42.0 Å². The summed E-state index contributed by atoms with van der Waals surface area (Å²) in [6, 6.07) is 9.80. The molecule has 2 aromatic carbocycles. The number of nitrogens with one attached hydrogen (secondary N) is 2. The van der Waals surface area contributed by atoms with Crippen LogP contribution in [-0.2, 0) is 11.2 Å². The van der Waals surface area contributed by atoms with Gasteiger partial charge in [-0.15, -0.1) is 0 Å². The van der Waals surface area contributed by atoms with E-state index in [2.05, 4.69) is 10.6 Å². The van der Waals surface area contributed by atoms with E-state index < -0.39 is 6.03 Å². The molecule has 1 aliphatic rings. The number of halogens is 2. The summed E-state index contributed by atoms with van der Waals surface area (Å²) in [5, 5.41) is 6.19. The predicted molar refractivity (Wildman–Crippen MR) is 92.7 cm³/mol. The Bertz CT molecular complexity index is 808. The van der Waals surface area contributed by atoms with Gasteiger partial charge in [0, 0.05) is 24.1 Å². The van der Waals surface area contributed by atoms with Crippen LogP contribution in [-0.4, -0.2) is 19.0 Å². The maximum absolute atomic E-state index is 12.0. The minimum atomic E-state index is -0.402. The molecule has 0 aliphatic carbocycles.